The molecule has 120 valence electrons. The number of fused-ring (bicyclic) bond motifs is 1. The highest BCUT2D eigenvalue weighted by atomic mass is 16.6. The molecule has 2 aromatic carbocycles. The molecule has 1 unspecified atom stereocenters. The summed E-state index contributed by atoms with van der Waals surface area (Å²) in [6.45, 7) is 0. The van der Waals surface area contributed by atoms with Crippen molar-refractivity contribution in [2.45, 2.75) is 12.8 Å². The summed E-state index contributed by atoms with van der Waals surface area (Å²) in [6.07, 6.45) is 1.60. The fraction of sp³-hybridized carbons (Fsp3) is 0.250. The molecule has 2 aromatic rings. The van der Waals surface area contributed by atoms with E-state index in [2.05, 4.69) is 9.89 Å². The summed E-state index contributed by atoms with van der Waals surface area (Å²) >= 11 is 0. The Hall–Kier alpha value is -2.96. The molecule has 0 spiro atoms. The highest BCUT2D eigenvalue weighted by Gasteiger charge is 2.22. The van der Waals surface area contributed by atoms with Gasteiger partial charge in [0.15, 0.2) is 0 Å². The van der Waals surface area contributed by atoms with Gasteiger partial charge in [0.1, 0.15) is 0 Å². The molecule has 1 N–H and O–H groups in total. The van der Waals surface area contributed by atoms with E-state index in [-0.39, 0.29) is 18.5 Å². The van der Waals surface area contributed by atoms with Crippen LogP contribution in [0.5, 0.6) is 0 Å². The topological polar surface area (TPSA) is 102 Å². The Labute approximate surface area is 132 Å². The van der Waals surface area contributed by atoms with Crippen LogP contribution in [-0.4, -0.2) is 29.4 Å². The minimum atomic E-state index is -0.754. The fourth-order valence-corrected chi connectivity index (χ4v) is 2.51. The summed E-state index contributed by atoms with van der Waals surface area (Å²) in [5, 5.41) is 24.3. The zero-order valence-electron chi connectivity index (χ0n) is 12.5. The number of methoxy groups -OCH3 is 1. The number of rotatable bonds is 6. The number of carbonyl (C=O) groups excluding carboxylic acids is 1. The van der Waals surface area contributed by atoms with Gasteiger partial charge < -0.3 is 9.94 Å². The number of nitrogens with zero attached hydrogens (tertiary/aromatic N) is 2. The SMILES string of the molecule is COC(=O)C(/C=N\O)CCc1ccc2ccccc2c1[N+](=O)[O-]. The van der Waals surface area contributed by atoms with Crippen molar-refractivity contribution >= 4 is 28.6 Å². The standard InChI is InChI=1S/C16H16N2O5/c1-23-16(19)13(10-17-20)9-8-12-7-6-11-4-2-3-5-14(11)15(12)18(21)22/h2-7,10,13,20H,8-9H2,1H3/b17-10-. The number of hydrogen-bond donors (Lipinski definition) is 1. The first-order valence-corrected chi connectivity index (χ1v) is 6.99. The monoisotopic (exact) mass is 316 g/mol. The number of aryl methyl sites for hydroxylation is 1. The second-order valence-electron chi connectivity index (χ2n) is 4.98. The normalized spacial score (nSPS) is 12.4. The van der Waals surface area contributed by atoms with Crippen molar-refractivity contribution in [1.82, 2.24) is 0 Å². The van der Waals surface area contributed by atoms with Gasteiger partial charge in [0, 0.05) is 5.56 Å². The van der Waals surface area contributed by atoms with Gasteiger partial charge in [-0.3, -0.25) is 14.9 Å². The summed E-state index contributed by atoms with van der Waals surface area (Å²) in [6, 6.07) is 10.6. The lowest BCUT2D eigenvalue weighted by molar-refractivity contribution is -0.383. The number of hydrogen-bond acceptors (Lipinski definition) is 6. The minimum Gasteiger partial charge on any atom is -0.469 e. The number of benzene rings is 2. The predicted octanol–water partition coefficient (Wildman–Crippen LogP) is 2.93. The van der Waals surface area contributed by atoms with Crippen molar-refractivity contribution < 1.29 is 19.7 Å². The maximum Gasteiger partial charge on any atom is 0.314 e. The van der Waals surface area contributed by atoms with E-state index in [4.69, 9.17) is 5.21 Å². The van der Waals surface area contributed by atoms with E-state index < -0.39 is 16.8 Å². The van der Waals surface area contributed by atoms with Crippen molar-refractivity contribution in [2.24, 2.45) is 11.1 Å². The number of esters is 1. The largest absolute Gasteiger partial charge is 0.469 e. The summed E-state index contributed by atoms with van der Waals surface area (Å²) in [5.74, 6) is -1.30. The lowest BCUT2D eigenvalue weighted by atomic mass is 9.96. The van der Waals surface area contributed by atoms with Crippen LogP contribution in [0, 0.1) is 16.0 Å². The first kappa shape index (κ1) is 16.4. The molecule has 2 rings (SSSR count). The zero-order valence-corrected chi connectivity index (χ0v) is 12.5. The van der Waals surface area contributed by atoms with E-state index in [1.165, 1.54) is 7.11 Å². The summed E-state index contributed by atoms with van der Waals surface area (Å²) in [4.78, 5) is 22.6. The average molecular weight is 316 g/mol. The van der Waals surface area contributed by atoms with Crippen LogP contribution in [0.15, 0.2) is 41.6 Å². The van der Waals surface area contributed by atoms with Crippen molar-refractivity contribution in [1.29, 1.82) is 0 Å². The van der Waals surface area contributed by atoms with Crippen molar-refractivity contribution in [2.75, 3.05) is 7.11 Å². The van der Waals surface area contributed by atoms with Gasteiger partial charge in [0.05, 0.1) is 29.6 Å². The Kier molecular flexibility index (Phi) is 5.24. The maximum atomic E-state index is 11.6. The van der Waals surface area contributed by atoms with Gasteiger partial charge >= 0.3 is 5.97 Å². The molecule has 0 aliphatic heterocycles. The second-order valence-corrected chi connectivity index (χ2v) is 4.98. The molecule has 0 heterocycles. The van der Waals surface area contributed by atoms with Crippen molar-refractivity contribution in [3.8, 4) is 0 Å². The van der Waals surface area contributed by atoms with E-state index in [1.807, 2.05) is 18.2 Å². The minimum absolute atomic E-state index is 0.0349. The highest BCUT2D eigenvalue weighted by Crippen LogP contribution is 2.30. The number of oxime groups is 1. The quantitative estimate of drug-likeness (QED) is 0.290. The third-order valence-electron chi connectivity index (χ3n) is 3.64. The van der Waals surface area contributed by atoms with Crippen LogP contribution in [0.4, 0.5) is 5.69 Å². The van der Waals surface area contributed by atoms with Crippen LogP contribution in [0.3, 0.4) is 0 Å². The smallest absolute Gasteiger partial charge is 0.314 e. The van der Waals surface area contributed by atoms with Gasteiger partial charge in [-0.1, -0.05) is 30.3 Å². The summed E-state index contributed by atoms with van der Waals surface area (Å²) in [5.41, 5.74) is 0.557. The van der Waals surface area contributed by atoms with Crippen molar-refractivity contribution in [3.63, 3.8) is 0 Å². The van der Waals surface area contributed by atoms with Crippen LogP contribution in [0.25, 0.3) is 10.8 Å². The van der Waals surface area contributed by atoms with Gasteiger partial charge in [-0.05, 0) is 24.3 Å². The van der Waals surface area contributed by atoms with Crippen LogP contribution in [0.2, 0.25) is 0 Å². The number of nitro groups is 1. The molecule has 1 atom stereocenters. The third-order valence-corrected chi connectivity index (χ3v) is 3.64. The second kappa shape index (κ2) is 7.35. The Morgan fingerprint density at radius 2 is 2.13 bits per heavy atom. The molecule has 23 heavy (non-hydrogen) atoms. The molecule has 7 heteroatoms. The van der Waals surface area contributed by atoms with Crippen LogP contribution < -0.4 is 0 Å². The number of nitro benzene ring substituents is 1. The first-order valence-electron chi connectivity index (χ1n) is 6.99. The summed E-state index contributed by atoms with van der Waals surface area (Å²) in [7, 11) is 1.24. The van der Waals surface area contributed by atoms with Gasteiger partial charge in [0.2, 0.25) is 0 Å². The molecule has 0 aliphatic carbocycles. The number of carbonyl (C=O) groups is 1. The van der Waals surface area contributed by atoms with E-state index in [0.29, 0.717) is 10.9 Å². The Balaban J connectivity index is 2.34. The van der Waals surface area contributed by atoms with Crippen LogP contribution >= 0.6 is 0 Å². The Bertz CT molecular complexity index is 757. The lowest BCUT2D eigenvalue weighted by Crippen LogP contribution is -2.18. The molecule has 0 saturated heterocycles. The Morgan fingerprint density at radius 3 is 2.78 bits per heavy atom. The molecule has 0 fully saturated rings. The Morgan fingerprint density at radius 1 is 1.39 bits per heavy atom. The molecule has 7 nitrogen and oxygen atoms in total. The van der Waals surface area contributed by atoms with E-state index in [9.17, 15) is 14.9 Å². The molecule has 0 bridgehead atoms. The maximum absolute atomic E-state index is 11.6. The molecular formula is C16H16N2O5. The molecule has 0 radical (unpaired) electrons. The van der Waals surface area contributed by atoms with E-state index in [0.717, 1.165) is 11.6 Å². The van der Waals surface area contributed by atoms with Crippen LogP contribution in [-0.2, 0) is 16.0 Å². The molecule has 0 amide bonds. The highest BCUT2D eigenvalue weighted by molar-refractivity contribution is 5.92. The molecule has 0 aliphatic rings. The third kappa shape index (κ3) is 3.63. The fourth-order valence-electron chi connectivity index (χ4n) is 2.51. The van der Waals surface area contributed by atoms with E-state index in [1.54, 1.807) is 18.2 Å². The van der Waals surface area contributed by atoms with Crippen molar-refractivity contribution in [3.05, 3.63) is 52.1 Å². The number of ether oxygens (including phenoxy) is 1. The van der Waals surface area contributed by atoms with Crippen LogP contribution in [0.1, 0.15) is 12.0 Å². The zero-order chi connectivity index (χ0) is 16.8. The molecule has 0 aromatic heterocycles. The van der Waals surface area contributed by atoms with Gasteiger partial charge in [-0.25, -0.2) is 0 Å². The average Bonchev–Trinajstić information content (AvgIpc) is 2.56. The lowest BCUT2D eigenvalue weighted by Gasteiger charge is -2.10. The van der Waals surface area contributed by atoms with Gasteiger partial charge in [0.25, 0.3) is 5.69 Å². The van der Waals surface area contributed by atoms with E-state index >= 15 is 0 Å². The van der Waals surface area contributed by atoms with Gasteiger partial charge in [-0.2, -0.15) is 0 Å². The first-order chi connectivity index (χ1) is 11.1. The molecule has 0 saturated carbocycles. The summed E-state index contributed by atoms with van der Waals surface area (Å²) < 4.78 is 4.63. The molecular weight excluding hydrogens is 300 g/mol. The van der Waals surface area contributed by atoms with Gasteiger partial charge in [-0.15, -0.1) is 5.16 Å². The predicted molar refractivity (Wildman–Crippen MR) is 84.7 cm³/mol.